The summed E-state index contributed by atoms with van der Waals surface area (Å²) in [4.78, 5) is 26.8. The minimum Gasteiger partial charge on any atom is -0.596 e. The van der Waals surface area contributed by atoms with E-state index in [4.69, 9.17) is 9.31 Å². The molecule has 0 spiro atoms. The Morgan fingerprint density at radius 2 is 2.00 bits per heavy atom. The fourth-order valence-electron chi connectivity index (χ4n) is 2.42. The van der Waals surface area contributed by atoms with Gasteiger partial charge in [0.05, 0.1) is 5.51 Å². The van der Waals surface area contributed by atoms with Gasteiger partial charge in [-0.3, -0.25) is 14.6 Å². The highest BCUT2D eigenvalue weighted by Gasteiger charge is 2.67. The number of fused-ring (bicyclic) bond motifs is 1. The van der Waals surface area contributed by atoms with E-state index < -0.39 is 6.69 Å². The molecule has 0 saturated carbocycles. The molecule has 16 heavy (non-hydrogen) atoms. The molecule has 8 heteroatoms. The maximum atomic E-state index is 11.4. The average Bonchev–Trinajstić information content (AvgIpc) is 2.76. The molecule has 3 heterocycles. The minimum atomic E-state index is -2.05. The summed E-state index contributed by atoms with van der Waals surface area (Å²) in [5.41, 5.74) is 1.63. The molecule has 0 amide bonds. The summed E-state index contributed by atoms with van der Waals surface area (Å²) >= 11 is 1.34. The smallest absolute Gasteiger partial charge is 0.596 e. The van der Waals surface area contributed by atoms with Crippen LogP contribution in [0.5, 0.6) is 0 Å². The van der Waals surface area contributed by atoms with Gasteiger partial charge in [-0.05, 0) is 0 Å². The van der Waals surface area contributed by atoms with Gasteiger partial charge in [0.15, 0.2) is 0 Å². The highest BCUT2D eigenvalue weighted by molar-refractivity contribution is 7.22. The van der Waals surface area contributed by atoms with E-state index in [1.807, 2.05) is 0 Å². The Hall–Kier alpha value is -1.41. The van der Waals surface area contributed by atoms with Crippen LogP contribution < -0.4 is 4.78 Å². The van der Waals surface area contributed by atoms with Gasteiger partial charge >= 0.3 is 18.6 Å². The van der Waals surface area contributed by atoms with Gasteiger partial charge in [0.1, 0.15) is 13.1 Å². The summed E-state index contributed by atoms with van der Waals surface area (Å²) in [5.74, 6) is -0.660. The first-order chi connectivity index (χ1) is 7.56. The molecule has 0 unspecified atom stereocenters. The van der Waals surface area contributed by atoms with Gasteiger partial charge in [-0.2, -0.15) is 11.3 Å². The molecule has 0 atom stereocenters. The third-order valence-electron chi connectivity index (χ3n) is 3.19. The first-order valence-corrected chi connectivity index (χ1v) is 5.75. The molecule has 1 aromatic rings. The van der Waals surface area contributed by atoms with Crippen LogP contribution in [0, 0.1) is 0 Å². The van der Waals surface area contributed by atoms with Crippen LogP contribution in [-0.4, -0.2) is 48.1 Å². The van der Waals surface area contributed by atoms with Crippen molar-refractivity contribution in [2.45, 2.75) is 0 Å². The maximum Gasteiger partial charge on any atom is 0.625 e. The topological polar surface area (TPSA) is 65.5 Å². The lowest BCUT2D eigenvalue weighted by Gasteiger charge is -2.38. The predicted molar refractivity (Wildman–Crippen MR) is 55.6 cm³/mol. The average molecular weight is 240 g/mol. The van der Waals surface area contributed by atoms with Gasteiger partial charge < -0.3 is 13.7 Å². The number of quaternary nitrogens is 1. The van der Waals surface area contributed by atoms with Crippen LogP contribution in [0.15, 0.2) is 11.7 Å². The van der Waals surface area contributed by atoms with Crippen LogP contribution in [0.25, 0.3) is 0 Å². The van der Waals surface area contributed by atoms with Crippen LogP contribution >= 0.6 is 11.3 Å². The zero-order valence-corrected chi connectivity index (χ0v) is 9.40. The number of thiazole rings is 1. The second kappa shape index (κ2) is 2.83. The van der Waals surface area contributed by atoms with E-state index in [2.05, 4.69) is 4.98 Å². The number of aromatic nitrogens is 1. The van der Waals surface area contributed by atoms with E-state index in [1.54, 1.807) is 18.8 Å². The van der Waals surface area contributed by atoms with Crippen molar-refractivity contribution < 1.29 is 23.3 Å². The molecule has 2 fully saturated rings. The molecule has 3 rings (SSSR count). The van der Waals surface area contributed by atoms with Crippen molar-refractivity contribution >= 4 is 34.7 Å². The zero-order chi connectivity index (χ0) is 11.4. The largest absolute Gasteiger partial charge is 0.625 e. The van der Waals surface area contributed by atoms with E-state index in [1.165, 1.54) is 11.3 Å². The van der Waals surface area contributed by atoms with Gasteiger partial charge in [-0.25, -0.2) is 0 Å². The van der Waals surface area contributed by atoms with Crippen molar-refractivity contribution in [3.63, 3.8) is 0 Å². The zero-order valence-electron chi connectivity index (χ0n) is 8.58. The van der Waals surface area contributed by atoms with Crippen LogP contribution in [0.3, 0.4) is 0 Å². The lowest BCUT2D eigenvalue weighted by atomic mass is 9.67. The minimum absolute atomic E-state index is 0.170. The molecule has 84 valence electrons. The Morgan fingerprint density at radius 3 is 2.50 bits per heavy atom. The van der Waals surface area contributed by atoms with Crippen molar-refractivity contribution in [2.24, 2.45) is 0 Å². The molecule has 0 N–H and O–H groups in total. The highest BCUT2D eigenvalue weighted by Crippen LogP contribution is 2.33. The van der Waals surface area contributed by atoms with E-state index in [-0.39, 0.29) is 29.4 Å². The summed E-state index contributed by atoms with van der Waals surface area (Å²) in [6.07, 6.45) is 1.60. The molecule has 6 nitrogen and oxygen atoms in total. The third kappa shape index (κ3) is 1.03. The van der Waals surface area contributed by atoms with E-state index in [9.17, 15) is 9.59 Å². The maximum absolute atomic E-state index is 11.4. The number of nitrogens with zero attached hydrogens (tertiary/aromatic N) is 2. The second-order valence-corrected chi connectivity index (χ2v) is 5.27. The van der Waals surface area contributed by atoms with Crippen LogP contribution in [0.1, 0.15) is 0 Å². The SMILES string of the molecule is C[N+]12CC(=O)O[B-]1(c1cncs1)OC(=O)C2. The lowest BCUT2D eigenvalue weighted by molar-refractivity contribution is -0.791. The third-order valence-corrected chi connectivity index (χ3v) is 4.10. The summed E-state index contributed by atoms with van der Waals surface area (Å²) in [7, 11) is 1.80. The Bertz CT molecular complexity index is 454. The highest BCUT2D eigenvalue weighted by atomic mass is 32.1. The van der Waals surface area contributed by atoms with E-state index in [0.29, 0.717) is 4.78 Å². The number of carbonyl (C=O) groups excluding carboxylic acids is 2. The summed E-state index contributed by atoms with van der Waals surface area (Å²) in [6.45, 7) is -1.71. The molecule has 1 aromatic heterocycles. The monoisotopic (exact) mass is 240 g/mol. The van der Waals surface area contributed by atoms with Crippen LogP contribution in [0.2, 0.25) is 0 Å². The van der Waals surface area contributed by atoms with E-state index in [0.717, 1.165) is 0 Å². The first kappa shape index (κ1) is 9.80. The lowest BCUT2D eigenvalue weighted by Crippen LogP contribution is -2.66. The molecule has 2 aliphatic rings. The van der Waals surface area contributed by atoms with Crippen molar-refractivity contribution in [1.82, 2.24) is 4.98 Å². The molecule has 0 aliphatic carbocycles. The van der Waals surface area contributed by atoms with Crippen molar-refractivity contribution in [3.8, 4) is 0 Å². The predicted octanol–water partition coefficient (Wildman–Crippen LogP) is -1.15. The summed E-state index contributed by atoms with van der Waals surface area (Å²) in [5, 5.41) is 0. The number of likely N-dealkylation sites (N-methyl/N-ethyl adjacent to an activating group) is 1. The molecule has 0 aromatic carbocycles. The standard InChI is InChI=1S/C8H9BN2O4S/c1-11-3-7(12)14-9(11,15-8(13)4-11)6-2-10-5-16-6/h2,5H,3-4H2,1H3. The van der Waals surface area contributed by atoms with Gasteiger partial charge in [-0.15, -0.1) is 0 Å². The van der Waals surface area contributed by atoms with Gasteiger partial charge in [0.2, 0.25) is 0 Å². The quantitative estimate of drug-likeness (QED) is 0.580. The van der Waals surface area contributed by atoms with Crippen molar-refractivity contribution in [1.29, 1.82) is 0 Å². The normalized spacial score (nSPS) is 37.1. The van der Waals surface area contributed by atoms with Crippen molar-refractivity contribution in [3.05, 3.63) is 11.7 Å². The molecular formula is C8H9BN2O4S. The Labute approximate surface area is 95.4 Å². The number of hydrogen-bond acceptors (Lipinski definition) is 6. The Balaban J connectivity index is 2.16. The molecule has 2 saturated heterocycles. The van der Waals surface area contributed by atoms with Crippen LogP contribution in [-0.2, 0) is 18.9 Å². The number of carbonyl (C=O) groups is 2. The first-order valence-electron chi connectivity index (χ1n) is 4.87. The summed E-state index contributed by atoms with van der Waals surface area (Å²) < 4.78 is 11.5. The number of rotatable bonds is 1. The fraction of sp³-hybridized carbons (Fsp3) is 0.375. The van der Waals surface area contributed by atoms with Gasteiger partial charge in [0, 0.05) is 18.0 Å². The molecule has 0 bridgehead atoms. The van der Waals surface area contributed by atoms with Gasteiger partial charge in [0.25, 0.3) is 0 Å². The molecular weight excluding hydrogens is 231 g/mol. The summed E-state index contributed by atoms with van der Waals surface area (Å²) in [6, 6.07) is 0. The fourth-order valence-corrected chi connectivity index (χ4v) is 3.31. The second-order valence-electron chi connectivity index (χ2n) is 4.35. The van der Waals surface area contributed by atoms with E-state index >= 15 is 0 Å². The van der Waals surface area contributed by atoms with Gasteiger partial charge in [-0.1, -0.05) is 0 Å². The van der Waals surface area contributed by atoms with Crippen LogP contribution in [0.4, 0.5) is 0 Å². The molecule has 0 radical (unpaired) electrons. The molecule has 2 aliphatic heterocycles. The Kier molecular flexibility index (Phi) is 1.73. The van der Waals surface area contributed by atoms with Crippen molar-refractivity contribution in [2.75, 3.05) is 20.1 Å². The number of hydrogen-bond donors (Lipinski definition) is 0. The Morgan fingerprint density at radius 1 is 1.38 bits per heavy atom.